The Labute approximate surface area is 163 Å². The van der Waals surface area contributed by atoms with E-state index in [9.17, 15) is 19.2 Å². The highest BCUT2D eigenvalue weighted by Gasteiger charge is 2.47. The zero-order valence-electron chi connectivity index (χ0n) is 16.0. The lowest BCUT2D eigenvalue weighted by Crippen LogP contribution is -2.35. The number of ether oxygens (including phenoxy) is 1. The second-order valence-electron chi connectivity index (χ2n) is 7.22. The molecule has 1 heterocycles. The molecule has 1 fully saturated rings. The number of hydrogen-bond acceptors (Lipinski definition) is 5. The lowest BCUT2D eigenvalue weighted by atomic mass is 9.85. The predicted molar refractivity (Wildman–Crippen MR) is 102 cm³/mol. The number of hydrogen-bond donors (Lipinski definition) is 1. The molecule has 0 aromatic heterocycles. The fourth-order valence-electron chi connectivity index (χ4n) is 3.48. The molecule has 7 nitrogen and oxygen atoms in total. The summed E-state index contributed by atoms with van der Waals surface area (Å²) in [6, 6.07) is 7.26. The van der Waals surface area contributed by atoms with Crippen molar-refractivity contribution in [1.82, 2.24) is 4.90 Å². The molecule has 0 saturated carbocycles. The molecule has 1 aliphatic heterocycles. The average Bonchev–Trinajstić information content (AvgIpc) is 2.92. The number of allylic oxidation sites excluding steroid dienone is 2. The number of fused-ring (bicyclic) bond motifs is 1. The number of rotatable bonds is 6. The Morgan fingerprint density at radius 2 is 1.68 bits per heavy atom. The van der Waals surface area contributed by atoms with E-state index >= 15 is 0 Å². The van der Waals surface area contributed by atoms with Crippen LogP contribution in [0.5, 0.6) is 0 Å². The minimum Gasteiger partial charge on any atom is -0.452 e. The second-order valence-corrected chi connectivity index (χ2v) is 7.22. The van der Waals surface area contributed by atoms with Gasteiger partial charge in [-0.15, -0.1) is 0 Å². The first kappa shape index (κ1) is 19.8. The Bertz CT molecular complexity index is 789. The molecule has 3 atom stereocenters. The zero-order chi connectivity index (χ0) is 20.3. The van der Waals surface area contributed by atoms with E-state index in [0.29, 0.717) is 18.5 Å². The molecule has 1 N–H and O–H groups in total. The normalized spacial score (nSPS) is 22.0. The summed E-state index contributed by atoms with van der Waals surface area (Å²) >= 11 is 0. The summed E-state index contributed by atoms with van der Waals surface area (Å²) in [7, 11) is 0. The molecule has 148 valence electrons. The molecule has 7 heteroatoms. The number of aryl methyl sites for hydroxylation is 1. The van der Waals surface area contributed by atoms with Crippen LogP contribution < -0.4 is 5.32 Å². The molecule has 1 aromatic carbocycles. The highest BCUT2D eigenvalue weighted by molar-refractivity contribution is 6.05. The maximum atomic E-state index is 12.4. The van der Waals surface area contributed by atoms with E-state index in [1.807, 2.05) is 31.2 Å². The highest BCUT2D eigenvalue weighted by Crippen LogP contribution is 2.35. The van der Waals surface area contributed by atoms with Crippen LogP contribution in [0.15, 0.2) is 36.4 Å². The van der Waals surface area contributed by atoms with Gasteiger partial charge < -0.3 is 10.1 Å². The minimum absolute atomic E-state index is 0.0181. The van der Waals surface area contributed by atoms with Gasteiger partial charge in [0, 0.05) is 12.2 Å². The van der Waals surface area contributed by atoms with E-state index in [0.717, 1.165) is 10.5 Å². The fourth-order valence-corrected chi connectivity index (χ4v) is 3.48. The van der Waals surface area contributed by atoms with Crippen molar-refractivity contribution < 1.29 is 23.9 Å². The maximum absolute atomic E-state index is 12.4. The molecule has 2 aliphatic rings. The zero-order valence-corrected chi connectivity index (χ0v) is 16.0. The third-order valence-corrected chi connectivity index (χ3v) is 5.13. The number of carbonyl (C=O) groups is 4. The van der Waals surface area contributed by atoms with E-state index < -0.39 is 18.0 Å². The van der Waals surface area contributed by atoms with Crippen LogP contribution in [0.1, 0.15) is 31.7 Å². The summed E-state index contributed by atoms with van der Waals surface area (Å²) in [6.45, 7) is 3.40. The van der Waals surface area contributed by atoms with Crippen molar-refractivity contribution in [2.24, 2.45) is 11.8 Å². The van der Waals surface area contributed by atoms with Crippen LogP contribution >= 0.6 is 0 Å². The summed E-state index contributed by atoms with van der Waals surface area (Å²) in [6.07, 6.45) is 3.84. The molecule has 3 amide bonds. The number of carbonyl (C=O) groups excluding carboxylic acids is 4. The van der Waals surface area contributed by atoms with Gasteiger partial charge in [-0.1, -0.05) is 29.8 Å². The van der Waals surface area contributed by atoms with Gasteiger partial charge in [0.15, 0.2) is 6.10 Å². The third-order valence-electron chi connectivity index (χ3n) is 5.13. The van der Waals surface area contributed by atoms with Crippen molar-refractivity contribution in [2.75, 3.05) is 11.9 Å². The topological polar surface area (TPSA) is 92.8 Å². The number of imide groups is 1. The number of amides is 3. The molecule has 1 aliphatic carbocycles. The van der Waals surface area contributed by atoms with Crippen molar-refractivity contribution in [3.8, 4) is 0 Å². The van der Waals surface area contributed by atoms with Crippen molar-refractivity contribution in [3.63, 3.8) is 0 Å². The molecule has 0 radical (unpaired) electrons. The summed E-state index contributed by atoms with van der Waals surface area (Å²) in [5.74, 6) is -2.14. The van der Waals surface area contributed by atoms with Crippen LogP contribution in [0.3, 0.4) is 0 Å². The summed E-state index contributed by atoms with van der Waals surface area (Å²) in [5, 5.41) is 2.68. The summed E-state index contributed by atoms with van der Waals surface area (Å²) < 4.78 is 5.14. The molecular weight excluding hydrogens is 360 g/mol. The van der Waals surface area contributed by atoms with E-state index in [1.165, 1.54) is 6.92 Å². The van der Waals surface area contributed by atoms with Gasteiger partial charge >= 0.3 is 5.97 Å². The Kier molecular flexibility index (Phi) is 5.92. The van der Waals surface area contributed by atoms with Gasteiger partial charge in [0.05, 0.1) is 18.3 Å². The minimum atomic E-state index is -0.981. The number of anilines is 1. The second kappa shape index (κ2) is 8.37. The van der Waals surface area contributed by atoms with E-state index in [2.05, 4.69) is 5.32 Å². The van der Waals surface area contributed by atoms with Gasteiger partial charge in [-0.05, 0) is 38.8 Å². The van der Waals surface area contributed by atoms with Gasteiger partial charge in [-0.3, -0.25) is 24.1 Å². The van der Waals surface area contributed by atoms with Crippen molar-refractivity contribution in [3.05, 3.63) is 42.0 Å². The van der Waals surface area contributed by atoms with Crippen molar-refractivity contribution in [1.29, 1.82) is 0 Å². The van der Waals surface area contributed by atoms with Crippen LogP contribution in [0.25, 0.3) is 0 Å². The van der Waals surface area contributed by atoms with E-state index in [-0.39, 0.29) is 36.6 Å². The maximum Gasteiger partial charge on any atom is 0.308 e. The third kappa shape index (κ3) is 4.30. The molecular formula is C21H24N2O5. The predicted octanol–water partition coefficient (Wildman–Crippen LogP) is 2.21. The van der Waals surface area contributed by atoms with E-state index in [1.54, 1.807) is 12.1 Å². The Morgan fingerprint density at radius 3 is 2.25 bits per heavy atom. The van der Waals surface area contributed by atoms with Crippen LogP contribution in [0, 0.1) is 18.8 Å². The number of esters is 1. The first-order valence-electron chi connectivity index (χ1n) is 9.44. The monoisotopic (exact) mass is 384 g/mol. The molecule has 0 bridgehead atoms. The van der Waals surface area contributed by atoms with Crippen LogP contribution in [-0.2, 0) is 23.9 Å². The van der Waals surface area contributed by atoms with Crippen molar-refractivity contribution in [2.45, 2.75) is 39.2 Å². The van der Waals surface area contributed by atoms with E-state index in [4.69, 9.17) is 4.74 Å². The highest BCUT2D eigenvalue weighted by atomic mass is 16.5. The van der Waals surface area contributed by atoms with Gasteiger partial charge in [-0.2, -0.15) is 0 Å². The number of benzene rings is 1. The molecule has 0 unspecified atom stereocenters. The lowest BCUT2D eigenvalue weighted by Gasteiger charge is -2.16. The van der Waals surface area contributed by atoms with Gasteiger partial charge in [0.1, 0.15) is 0 Å². The largest absolute Gasteiger partial charge is 0.452 e. The number of nitrogens with one attached hydrogen (secondary N) is 1. The lowest BCUT2D eigenvalue weighted by molar-refractivity contribution is -0.154. The van der Waals surface area contributed by atoms with Gasteiger partial charge in [-0.25, -0.2) is 0 Å². The van der Waals surface area contributed by atoms with Crippen LogP contribution in [-0.4, -0.2) is 41.2 Å². The van der Waals surface area contributed by atoms with Crippen LogP contribution in [0.4, 0.5) is 5.69 Å². The smallest absolute Gasteiger partial charge is 0.308 e. The SMILES string of the molecule is Cc1ccc(NC(=O)[C@H](C)OC(=O)CCN2C(=O)[C@H]3CC=CC[C@@H]3C2=O)cc1. The summed E-state index contributed by atoms with van der Waals surface area (Å²) in [5.41, 5.74) is 1.68. The molecule has 28 heavy (non-hydrogen) atoms. The van der Waals surface area contributed by atoms with Crippen molar-refractivity contribution >= 4 is 29.4 Å². The van der Waals surface area contributed by atoms with Gasteiger partial charge in [0.25, 0.3) is 5.91 Å². The summed E-state index contributed by atoms with van der Waals surface area (Å²) in [4.78, 5) is 50.1. The fraction of sp³-hybridized carbons (Fsp3) is 0.429. The standard InChI is InChI=1S/C21H24N2O5/c1-13-7-9-15(10-8-13)22-19(25)14(2)28-18(24)11-12-23-20(26)16-5-3-4-6-17(16)21(23)27/h3-4,7-10,14,16-17H,5-6,11-12H2,1-2H3,(H,22,25)/t14-,16-,17-/m0/s1. The molecule has 1 aromatic rings. The number of likely N-dealkylation sites (tertiary alicyclic amines) is 1. The number of nitrogens with zero attached hydrogens (tertiary/aromatic N) is 1. The Hall–Kier alpha value is -2.96. The molecule has 3 rings (SSSR count). The van der Waals surface area contributed by atoms with Crippen LogP contribution in [0.2, 0.25) is 0 Å². The Morgan fingerprint density at radius 1 is 1.11 bits per heavy atom. The first-order chi connectivity index (χ1) is 13.4. The first-order valence-corrected chi connectivity index (χ1v) is 9.44. The Balaban J connectivity index is 1.47. The molecule has 1 saturated heterocycles. The van der Waals surface area contributed by atoms with Gasteiger partial charge in [0.2, 0.25) is 11.8 Å². The molecule has 0 spiro atoms. The average molecular weight is 384 g/mol. The quantitative estimate of drug-likeness (QED) is 0.461.